The molecule has 0 spiro atoms. The number of rotatable bonds is 8. The van der Waals surface area contributed by atoms with Gasteiger partial charge in [0.1, 0.15) is 6.04 Å². The number of hydrogen-bond donors (Lipinski definition) is 3. The molecule has 2 aliphatic heterocycles. The number of piperidine rings is 1. The molecule has 2 aromatic rings. The predicted octanol–water partition coefficient (Wildman–Crippen LogP) is 1.54. The summed E-state index contributed by atoms with van der Waals surface area (Å²) in [7, 11) is 1.69. The van der Waals surface area contributed by atoms with Gasteiger partial charge in [0.2, 0.25) is 11.8 Å². The Kier molecular flexibility index (Phi) is 8.78. The van der Waals surface area contributed by atoms with Gasteiger partial charge in [0.05, 0.1) is 23.2 Å². The zero-order valence-corrected chi connectivity index (χ0v) is 23.5. The summed E-state index contributed by atoms with van der Waals surface area (Å²) >= 11 is 0. The molecule has 2 aliphatic carbocycles. The summed E-state index contributed by atoms with van der Waals surface area (Å²) in [6, 6.07) is 4.00. The lowest BCUT2D eigenvalue weighted by molar-refractivity contribution is -0.192. The van der Waals surface area contributed by atoms with Gasteiger partial charge in [0.15, 0.2) is 5.82 Å². The highest BCUT2D eigenvalue weighted by Gasteiger charge is 2.47. The fourth-order valence-electron chi connectivity index (χ4n) is 5.85. The first kappa shape index (κ1) is 31.2. The van der Waals surface area contributed by atoms with Gasteiger partial charge >= 0.3 is 12.1 Å². The summed E-state index contributed by atoms with van der Waals surface area (Å²) in [4.78, 5) is 61.2. The van der Waals surface area contributed by atoms with Crippen molar-refractivity contribution in [1.82, 2.24) is 35.7 Å². The van der Waals surface area contributed by atoms with Crippen LogP contribution >= 0.6 is 0 Å². The smallest absolute Gasteiger partial charge is 0.475 e. The Balaban J connectivity index is 0.000000493. The van der Waals surface area contributed by atoms with Crippen LogP contribution in [0.1, 0.15) is 89.1 Å². The van der Waals surface area contributed by atoms with E-state index in [-0.39, 0.29) is 36.1 Å². The number of halogens is 3. The Morgan fingerprint density at radius 1 is 1.16 bits per heavy atom. The van der Waals surface area contributed by atoms with E-state index in [0.29, 0.717) is 23.9 Å². The number of hydrogen-bond acceptors (Lipinski definition) is 10. The number of imide groups is 2. The molecule has 3 heterocycles. The highest BCUT2D eigenvalue weighted by molar-refractivity contribution is 6.24. The van der Waals surface area contributed by atoms with E-state index in [2.05, 4.69) is 26.2 Å². The van der Waals surface area contributed by atoms with Crippen molar-refractivity contribution >= 4 is 29.6 Å². The Hall–Kier alpha value is -4.25. The second kappa shape index (κ2) is 12.4. The normalized spacial score (nSPS) is 24.1. The molecular weight excluding hydrogens is 591 g/mol. The van der Waals surface area contributed by atoms with Crippen LogP contribution in [-0.2, 0) is 19.1 Å². The average molecular weight is 622 g/mol. The van der Waals surface area contributed by atoms with Crippen LogP contribution in [-0.4, -0.2) is 91.8 Å². The third-order valence-corrected chi connectivity index (χ3v) is 8.29. The molecule has 0 bridgehead atoms. The van der Waals surface area contributed by atoms with Gasteiger partial charge in [-0.1, -0.05) is 12.1 Å². The molecule has 236 valence electrons. The van der Waals surface area contributed by atoms with Gasteiger partial charge in [-0.2, -0.15) is 13.2 Å². The summed E-state index contributed by atoms with van der Waals surface area (Å²) in [6.07, 6.45) is 0.00404. The summed E-state index contributed by atoms with van der Waals surface area (Å²) in [6.45, 7) is 0.692. The maximum Gasteiger partial charge on any atom is 0.490 e. The number of amides is 4. The molecule has 2 atom stereocenters. The Morgan fingerprint density at radius 2 is 1.86 bits per heavy atom. The van der Waals surface area contributed by atoms with Crippen molar-refractivity contribution in [2.24, 2.45) is 5.92 Å². The summed E-state index contributed by atoms with van der Waals surface area (Å²) in [5.74, 6) is -3.80. The molecule has 44 heavy (non-hydrogen) atoms. The number of carboxylic acids is 1. The minimum Gasteiger partial charge on any atom is -0.475 e. The molecule has 2 unspecified atom stereocenters. The highest BCUT2D eigenvalue weighted by atomic mass is 19.4. The molecule has 1 saturated heterocycles. The van der Waals surface area contributed by atoms with E-state index in [1.54, 1.807) is 19.2 Å². The number of carbonyl (C=O) groups excluding carboxylic acids is 4. The molecule has 1 aromatic heterocycles. The zero-order valence-electron chi connectivity index (χ0n) is 23.5. The molecule has 4 aliphatic rings. The van der Waals surface area contributed by atoms with E-state index in [4.69, 9.17) is 14.6 Å². The Morgan fingerprint density at radius 3 is 2.45 bits per heavy atom. The fraction of sp³-hybridized carbons (Fsp3) is 0.556. The van der Waals surface area contributed by atoms with Crippen molar-refractivity contribution in [2.45, 2.75) is 75.3 Å². The zero-order chi connectivity index (χ0) is 31.8. The van der Waals surface area contributed by atoms with Gasteiger partial charge < -0.3 is 15.2 Å². The largest absolute Gasteiger partial charge is 0.490 e. The molecule has 0 radical (unpaired) electrons. The molecule has 4 amide bonds. The number of ether oxygens (including phenoxy) is 1. The van der Waals surface area contributed by atoms with Crippen LogP contribution in [0.25, 0.3) is 0 Å². The van der Waals surface area contributed by atoms with Crippen molar-refractivity contribution in [3.8, 4) is 0 Å². The van der Waals surface area contributed by atoms with E-state index in [1.165, 1.54) is 0 Å². The molecule has 6 rings (SSSR count). The number of benzene rings is 1. The summed E-state index contributed by atoms with van der Waals surface area (Å²) < 4.78 is 38.9. The molecule has 3 fully saturated rings. The maximum atomic E-state index is 13.8. The minimum atomic E-state index is -5.08. The lowest BCUT2D eigenvalue weighted by Gasteiger charge is -2.38. The first-order chi connectivity index (χ1) is 20.9. The van der Waals surface area contributed by atoms with Gasteiger partial charge in [-0.15, -0.1) is 5.10 Å². The topological polar surface area (TPSA) is 186 Å². The van der Waals surface area contributed by atoms with Gasteiger partial charge in [0, 0.05) is 26.2 Å². The van der Waals surface area contributed by atoms with Gasteiger partial charge in [-0.3, -0.25) is 29.4 Å². The number of nitrogens with zero attached hydrogens (tertiary/aromatic N) is 5. The SMILES string of the molecule is COCC1CC(NC(c2cccc3c2C(=O)N(C2CCC(=O)NC2=O)C3=O)c2nnnn2C2CCC2)C1.O=C(O)C(F)(F)F. The molecule has 17 heteroatoms. The van der Waals surface area contributed by atoms with Crippen LogP contribution in [0, 0.1) is 5.92 Å². The summed E-state index contributed by atoms with van der Waals surface area (Å²) in [5.41, 5.74) is 1.11. The third kappa shape index (κ3) is 6.06. The van der Waals surface area contributed by atoms with Crippen LogP contribution in [0.5, 0.6) is 0 Å². The first-order valence-corrected chi connectivity index (χ1v) is 14.1. The van der Waals surface area contributed by atoms with Crippen molar-refractivity contribution in [2.75, 3.05) is 13.7 Å². The maximum absolute atomic E-state index is 13.8. The predicted molar refractivity (Wildman–Crippen MR) is 141 cm³/mol. The quantitative estimate of drug-likeness (QED) is 0.363. The van der Waals surface area contributed by atoms with E-state index in [1.807, 2.05) is 10.7 Å². The lowest BCUT2D eigenvalue weighted by atomic mass is 9.80. The monoisotopic (exact) mass is 621 g/mol. The van der Waals surface area contributed by atoms with Crippen LogP contribution < -0.4 is 10.6 Å². The Labute approximate surface area is 248 Å². The molecule has 2 saturated carbocycles. The fourth-order valence-corrected chi connectivity index (χ4v) is 5.85. The van der Waals surface area contributed by atoms with E-state index >= 15 is 0 Å². The van der Waals surface area contributed by atoms with Crippen molar-refractivity contribution in [3.05, 3.63) is 40.7 Å². The third-order valence-electron chi connectivity index (χ3n) is 8.29. The van der Waals surface area contributed by atoms with Crippen LogP contribution in [0.15, 0.2) is 18.2 Å². The number of alkyl halides is 3. The van der Waals surface area contributed by atoms with Crippen molar-refractivity contribution in [1.29, 1.82) is 0 Å². The number of fused-ring (bicyclic) bond motifs is 1. The number of aliphatic carboxylic acids is 1. The minimum absolute atomic E-state index is 0.0708. The Bertz CT molecular complexity index is 1470. The van der Waals surface area contributed by atoms with Crippen molar-refractivity contribution in [3.63, 3.8) is 0 Å². The van der Waals surface area contributed by atoms with Gasteiger partial charge in [-0.25, -0.2) is 9.48 Å². The van der Waals surface area contributed by atoms with Crippen molar-refractivity contribution < 1.29 is 47.0 Å². The number of carbonyl (C=O) groups is 5. The van der Waals surface area contributed by atoms with E-state index < -0.39 is 47.9 Å². The first-order valence-electron chi connectivity index (χ1n) is 14.1. The number of methoxy groups -OCH3 is 1. The van der Waals surface area contributed by atoms with Crippen LogP contribution in [0.4, 0.5) is 13.2 Å². The number of tetrazole rings is 1. The lowest BCUT2D eigenvalue weighted by Crippen LogP contribution is -2.54. The number of aromatic nitrogens is 4. The molecule has 14 nitrogen and oxygen atoms in total. The molecule has 3 N–H and O–H groups in total. The van der Waals surface area contributed by atoms with E-state index in [9.17, 15) is 32.3 Å². The standard InChI is InChI=1S/C25H29N7O5.C2HF3O2/c1-37-12-13-10-14(11-13)26-21(22-28-29-30-32(22)15-4-2-5-15)16-6-3-7-17-20(16)25(36)31(24(17)35)18-8-9-19(33)27-23(18)34;3-2(4,5)1(6)7/h3,6-7,13-15,18,21,26H,2,4-5,8-12H2,1H3,(H,27,33,34);(H,6,7). The van der Waals surface area contributed by atoms with E-state index in [0.717, 1.165) is 37.0 Å². The summed E-state index contributed by atoms with van der Waals surface area (Å²) in [5, 5.41) is 25.6. The second-order valence-corrected chi connectivity index (χ2v) is 11.2. The van der Waals surface area contributed by atoms with Gasteiger partial charge in [0.25, 0.3) is 11.8 Å². The number of nitrogens with one attached hydrogen (secondary N) is 2. The molecular formula is C27H30F3N7O7. The van der Waals surface area contributed by atoms with Crippen LogP contribution in [0.3, 0.4) is 0 Å². The molecule has 1 aromatic carbocycles. The highest BCUT2D eigenvalue weighted by Crippen LogP contribution is 2.39. The van der Waals surface area contributed by atoms with Gasteiger partial charge in [-0.05, 0) is 66.5 Å². The number of carboxylic acid groups (broad SMARTS) is 1. The average Bonchev–Trinajstić information content (AvgIpc) is 3.47. The van der Waals surface area contributed by atoms with Crippen LogP contribution in [0.2, 0.25) is 0 Å². The second-order valence-electron chi connectivity index (χ2n) is 11.2.